The third-order valence-electron chi connectivity index (χ3n) is 6.72. The molecule has 1 saturated heterocycles. The summed E-state index contributed by atoms with van der Waals surface area (Å²) in [5, 5.41) is 8.30. The molecule has 0 aliphatic carbocycles. The van der Waals surface area contributed by atoms with Gasteiger partial charge in [-0.3, -0.25) is 14.6 Å². The lowest BCUT2D eigenvalue weighted by atomic mass is 9.94. The van der Waals surface area contributed by atoms with Gasteiger partial charge in [0.15, 0.2) is 0 Å². The van der Waals surface area contributed by atoms with E-state index in [0.717, 1.165) is 39.1 Å². The molecule has 3 aromatic rings. The summed E-state index contributed by atoms with van der Waals surface area (Å²) in [5.41, 5.74) is 5.17. The third kappa shape index (κ3) is 4.99. The van der Waals surface area contributed by atoms with Crippen molar-refractivity contribution in [3.8, 4) is 0 Å². The fourth-order valence-corrected chi connectivity index (χ4v) is 4.93. The van der Waals surface area contributed by atoms with Gasteiger partial charge in [0.05, 0.1) is 12.6 Å². The molecular weight excluding hydrogens is 414 g/mol. The Morgan fingerprint density at radius 2 is 1.79 bits per heavy atom. The van der Waals surface area contributed by atoms with E-state index in [-0.39, 0.29) is 11.9 Å². The first-order valence-corrected chi connectivity index (χ1v) is 11.7. The Kier molecular flexibility index (Phi) is 6.24. The molecular formula is C26H31N5O2. The Labute approximate surface area is 195 Å². The van der Waals surface area contributed by atoms with Gasteiger partial charge in [0.2, 0.25) is 17.7 Å². The number of hydrogen-bond donors (Lipinski definition) is 0. The van der Waals surface area contributed by atoms with E-state index in [1.54, 1.807) is 6.92 Å². The van der Waals surface area contributed by atoms with Crippen LogP contribution in [0.25, 0.3) is 0 Å². The monoisotopic (exact) mass is 445 g/mol. The lowest BCUT2D eigenvalue weighted by Crippen LogP contribution is -2.51. The largest absolute Gasteiger partial charge is 0.424 e. The minimum atomic E-state index is -0.0762. The molecule has 0 spiro atoms. The first-order chi connectivity index (χ1) is 16.0. The normalized spacial score (nSPS) is 19.5. The standard InChI is InChI=1S/C26H31N5O2/c1-19-6-5-7-21(14-19)16-29-10-12-30(13-11-29)25(32)18-31-17-23-9-4-3-8-22(23)15-24(31)26-28-27-20(2)33-26/h3-9,14,24H,10-13,15-18H2,1-2H3. The summed E-state index contributed by atoms with van der Waals surface area (Å²) in [6.45, 7) is 9.26. The molecule has 1 fully saturated rings. The number of carbonyl (C=O) groups excluding carboxylic acids is 1. The molecule has 2 aliphatic heterocycles. The highest BCUT2D eigenvalue weighted by atomic mass is 16.4. The van der Waals surface area contributed by atoms with Crippen LogP contribution in [0.2, 0.25) is 0 Å². The quantitative estimate of drug-likeness (QED) is 0.601. The summed E-state index contributed by atoms with van der Waals surface area (Å²) < 4.78 is 5.78. The van der Waals surface area contributed by atoms with E-state index in [9.17, 15) is 4.79 Å². The van der Waals surface area contributed by atoms with Gasteiger partial charge in [0.1, 0.15) is 0 Å². The number of hydrogen-bond acceptors (Lipinski definition) is 6. The van der Waals surface area contributed by atoms with Crippen LogP contribution in [0.5, 0.6) is 0 Å². The maximum Gasteiger partial charge on any atom is 0.236 e. The highest BCUT2D eigenvalue weighted by molar-refractivity contribution is 5.78. The van der Waals surface area contributed by atoms with Gasteiger partial charge in [-0.1, -0.05) is 54.1 Å². The minimum Gasteiger partial charge on any atom is -0.424 e. The molecule has 7 nitrogen and oxygen atoms in total. The van der Waals surface area contributed by atoms with E-state index < -0.39 is 0 Å². The van der Waals surface area contributed by atoms with Gasteiger partial charge >= 0.3 is 0 Å². The van der Waals surface area contributed by atoms with Crippen molar-refractivity contribution in [1.82, 2.24) is 24.9 Å². The molecule has 172 valence electrons. The van der Waals surface area contributed by atoms with Gasteiger partial charge in [0, 0.05) is 46.2 Å². The molecule has 0 radical (unpaired) electrons. The molecule has 0 saturated carbocycles. The maximum absolute atomic E-state index is 13.3. The topological polar surface area (TPSA) is 65.7 Å². The van der Waals surface area contributed by atoms with E-state index >= 15 is 0 Å². The van der Waals surface area contributed by atoms with Crippen LogP contribution in [0.4, 0.5) is 0 Å². The molecule has 0 N–H and O–H groups in total. The van der Waals surface area contributed by atoms with Gasteiger partial charge in [-0.2, -0.15) is 0 Å². The Hall–Kier alpha value is -3.03. The van der Waals surface area contributed by atoms with Crippen molar-refractivity contribution < 1.29 is 9.21 Å². The number of aryl methyl sites for hydroxylation is 2. The zero-order valence-electron chi connectivity index (χ0n) is 19.4. The van der Waals surface area contributed by atoms with Crippen molar-refractivity contribution in [2.45, 2.75) is 39.4 Å². The van der Waals surface area contributed by atoms with Gasteiger partial charge in [-0.25, -0.2) is 0 Å². The third-order valence-corrected chi connectivity index (χ3v) is 6.72. The highest BCUT2D eigenvalue weighted by Gasteiger charge is 2.33. The van der Waals surface area contributed by atoms with E-state index in [0.29, 0.717) is 24.9 Å². The molecule has 5 rings (SSSR count). The van der Waals surface area contributed by atoms with Crippen molar-refractivity contribution in [2.75, 3.05) is 32.7 Å². The van der Waals surface area contributed by atoms with Crippen LogP contribution < -0.4 is 0 Å². The lowest BCUT2D eigenvalue weighted by Gasteiger charge is -2.38. The summed E-state index contributed by atoms with van der Waals surface area (Å²) in [4.78, 5) is 19.9. The molecule has 33 heavy (non-hydrogen) atoms. The van der Waals surface area contributed by atoms with Crippen LogP contribution in [0.3, 0.4) is 0 Å². The predicted molar refractivity (Wildman–Crippen MR) is 125 cm³/mol. The smallest absolute Gasteiger partial charge is 0.236 e. The average molecular weight is 446 g/mol. The Balaban J connectivity index is 1.23. The minimum absolute atomic E-state index is 0.0762. The number of carbonyl (C=O) groups is 1. The van der Waals surface area contributed by atoms with Crippen molar-refractivity contribution in [3.63, 3.8) is 0 Å². The zero-order valence-corrected chi connectivity index (χ0v) is 19.4. The number of aromatic nitrogens is 2. The summed E-state index contributed by atoms with van der Waals surface area (Å²) in [5.74, 6) is 1.32. The van der Waals surface area contributed by atoms with Gasteiger partial charge in [-0.05, 0) is 30.0 Å². The van der Waals surface area contributed by atoms with Crippen LogP contribution in [-0.4, -0.2) is 63.5 Å². The van der Waals surface area contributed by atoms with Gasteiger partial charge in [-0.15, -0.1) is 10.2 Å². The van der Waals surface area contributed by atoms with E-state index in [2.05, 4.69) is 75.5 Å². The van der Waals surface area contributed by atoms with Crippen LogP contribution in [0, 0.1) is 13.8 Å². The molecule has 3 heterocycles. The van der Waals surface area contributed by atoms with E-state index in [1.165, 1.54) is 22.3 Å². The van der Waals surface area contributed by atoms with Crippen molar-refractivity contribution >= 4 is 5.91 Å². The first-order valence-electron chi connectivity index (χ1n) is 11.7. The molecule has 1 atom stereocenters. The van der Waals surface area contributed by atoms with Gasteiger partial charge in [0.25, 0.3) is 0 Å². The SMILES string of the molecule is Cc1cccc(CN2CCN(C(=O)CN3Cc4ccccc4CC3c3nnc(C)o3)CC2)c1. The summed E-state index contributed by atoms with van der Waals surface area (Å²) in [6.07, 6.45) is 0.773. The Morgan fingerprint density at radius 3 is 2.52 bits per heavy atom. The second kappa shape index (κ2) is 9.45. The van der Waals surface area contributed by atoms with Crippen molar-refractivity contribution in [3.05, 3.63) is 82.6 Å². The van der Waals surface area contributed by atoms with Crippen molar-refractivity contribution in [2.24, 2.45) is 0 Å². The molecule has 1 aromatic heterocycles. The fraction of sp³-hybridized carbons (Fsp3) is 0.423. The number of nitrogens with zero attached hydrogens (tertiary/aromatic N) is 5. The number of fused-ring (bicyclic) bond motifs is 1. The summed E-state index contributed by atoms with van der Waals surface area (Å²) in [7, 11) is 0. The second-order valence-corrected chi connectivity index (χ2v) is 9.20. The Morgan fingerprint density at radius 1 is 1.00 bits per heavy atom. The maximum atomic E-state index is 13.3. The first kappa shape index (κ1) is 21.8. The molecule has 1 amide bonds. The van der Waals surface area contributed by atoms with Crippen LogP contribution in [0.15, 0.2) is 52.9 Å². The Bertz CT molecular complexity index is 1120. The summed E-state index contributed by atoms with van der Waals surface area (Å²) >= 11 is 0. The van der Waals surface area contributed by atoms with Crippen LogP contribution in [-0.2, 0) is 24.3 Å². The number of rotatable bonds is 5. The second-order valence-electron chi connectivity index (χ2n) is 9.20. The fourth-order valence-electron chi connectivity index (χ4n) is 4.93. The average Bonchev–Trinajstić information content (AvgIpc) is 3.25. The zero-order chi connectivity index (χ0) is 22.8. The van der Waals surface area contributed by atoms with E-state index in [4.69, 9.17) is 4.42 Å². The molecule has 0 bridgehead atoms. The highest BCUT2D eigenvalue weighted by Crippen LogP contribution is 2.32. The van der Waals surface area contributed by atoms with Crippen molar-refractivity contribution in [1.29, 1.82) is 0 Å². The molecule has 2 aliphatic rings. The number of piperazine rings is 1. The van der Waals surface area contributed by atoms with Crippen LogP contribution in [0.1, 0.15) is 40.1 Å². The van der Waals surface area contributed by atoms with Crippen LogP contribution >= 0.6 is 0 Å². The number of benzene rings is 2. The predicted octanol–water partition coefficient (Wildman–Crippen LogP) is 3.13. The van der Waals surface area contributed by atoms with E-state index in [1.807, 2.05) is 4.90 Å². The lowest BCUT2D eigenvalue weighted by molar-refractivity contribution is -0.135. The molecule has 2 aromatic carbocycles. The molecule has 7 heteroatoms. The number of amides is 1. The molecule has 1 unspecified atom stereocenters. The van der Waals surface area contributed by atoms with Gasteiger partial charge < -0.3 is 9.32 Å². The summed E-state index contributed by atoms with van der Waals surface area (Å²) in [6, 6.07) is 17.0.